The summed E-state index contributed by atoms with van der Waals surface area (Å²) in [5.41, 5.74) is 2.16. The van der Waals surface area contributed by atoms with E-state index in [0.29, 0.717) is 24.7 Å². The van der Waals surface area contributed by atoms with Gasteiger partial charge in [0.1, 0.15) is 6.04 Å². The van der Waals surface area contributed by atoms with Crippen molar-refractivity contribution in [3.05, 3.63) is 23.3 Å². The van der Waals surface area contributed by atoms with Crippen LogP contribution in [0, 0.1) is 23.2 Å². The van der Waals surface area contributed by atoms with Crippen molar-refractivity contribution < 1.29 is 19.1 Å². The van der Waals surface area contributed by atoms with E-state index in [1.807, 2.05) is 21.9 Å². The summed E-state index contributed by atoms with van der Waals surface area (Å²) < 4.78 is 10.9. The first-order valence-electron chi connectivity index (χ1n) is 12.8. The lowest BCUT2D eigenvalue weighted by molar-refractivity contribution is -0.162. The molecule has 4 saturated carbocycles. The standard InChI is InChI=1S/C27H36N2O4/c1-32-23-11-20-5-7-28(16-21(20)12-24(23)33-2)25(30)22-4-3-6-29(22)26(31)27-13-17-8-18(14-27)10-19(9-17)15-27/h11-12,17-19,22H,3-10,13-16H2,1-2H3. The first-order valence-corrected chi connectivity index (χ1v) is 12.8. The summed E-state index contributed by atoms with van der Waals surface area (Å²) in [6, 6.07) is 3.75. The van der Waals surface area contributed by atoms with Gasteiger partial charge in [-0.05, 0) is 98.8 Å². The van der Waals surface area contributed by atoms with E-state index in [1.165, 1.54) is 24.8 Å². The van der Waals surface area contributed by atoms with Crippen LogP contribution in [0.25, 0.3) is 0 Å². The molecule has 6 aliphatic rings. The monoisotopic (exact) mass is 452 g/mol. The van der Waals surface area contributed by atoms with Crippen LogP contribution in [0.5, 0.6) is 11.5 Å². The molecule has 1 saturated heterocycles. The van der Waals surface area contributed by atoms with Gasteiger partial charge >= 0.3 is 0 Å². The Morgan fingerprint density at radius 1 is 0.909 bits per heavy atom. The minimum Gasteiger partial charge on any atom is -0.493 e. The molecule has 0 radical (unpaired) electrons. The van der Waals surface area contributed by atoms with Crippen LogP contribution < -0.4 is 9.47 Å². The zero-order valence-electron chi connectivity index (χ0n) is 20.0. The number of amides is 2. The van der Waals surface area contributed by atoms with E-state index in [9.17, 15) is 9.59 Å². The predicted octanol–water partition coefficient (Wildman–Crippen LogP) is 3.80. The SMILES string of the molecule is COc1cc2c(cc1OC)CN(C(=O)C1CCCN1C(=O)C13CC4CC(CC(C4)C1)C3)CC2. The van der Waals surface area contributed by atoms with Crippen molar-refractivity contribution in [2.45, 2.75) is 70.4 Å². The second-order valence-electron chi connectivity index (χ2n) is 11.3. The number of likely N-dealkylation sites (tertiary alicyclic amines) is 1. The van der Waals surface area contributed by atoms with Crippen molar-refractivity contribution >= 4 is 11.8 Å². The summed E-state index contributed by atoms with van der Waals surface area (Å²) in [6.07, 6.45) is 9.71. The highest BCUT2D eigenvalue weighted by Gasteiger charge is 2.57. The number of methoxy groups -OCH3 is 2. The lowest BCUT2D eigenvalue weighted by atomic mass is 9.49. The third kappa shape index (κ3) is 3.43. The van der Waals surface area contributed by atoms with Crippen LogP contribution in [-0.4, -0.2) is 55.0 Å². The maximum atomic E-state index is 14.0. The normalized spacial score (nSPS) is 34.4. The minimum absolute atomic E-state index is 0.131. The molecule has 1 aromatic rings. The fourth-order valence-corrected chi connectivity index (χ4v) is 8.23. The molecule has 1 aromatic carbocycles. The number of rotatable bonds is 4. The molecule has 6 nitrogen and oxygen atoms in total. The summed E-state index contributed by atoms with van der Waals surface area (Å²) in [6.45, 7) is 2.01. The highest BCUT2D eigenvalue weighted by atomic mass is 16.5. The van der Waals surface area contributed by atoms with E-state index < -0.39 is 0 Å². The maximum Gasteiger partial charge on any atom is 0.245 e. The number of ether oxygens (including phenoxy) is 2. The summed E-state index contributed by atoms with van der Waals surface area (Å²) >= 11 is 0. The van der Waals surface area contributed by atoms with Crippen molar-refractivity contribution in [1.29, 1.82) is 0 Å². The molecule has 0 N–H and O–H groups in total. The van der Waals surface area contributed by atoms with Gasteiger partial charge in [0.2, 0.25) is 11.8 Å². The van der Waals surface area contributed by atoms with E-state index in [0.717, 1.165) is 74.1 Å². The van der Waals surface area contributed by atoms with Crippen LogP contribution in [0.2, 0.25) is 0 Å². The summed E-state index contributed by atoms with van der Waals surface area (Å²) in [4.78, 5) is 31.6. The lowest BCUT2D eigenvalue weighted by Gasteiger charge is -2.56. The quantitative estimate of drug-likeness (QED) is 0.697. The fourth-order valence-electron chi connectivity index (χ4n) is 8.23. The number of carbonyl (C=O) groups excluding carboxylic acids is 2. The summed E-state index contributed by atoms with van der Waals surface area (Å²) in [5, 5.41) is 0. The Hall–Kier alpha value is -2.24. The number of hydrogen-bond acceptors (Lipinski definition) is 4. The van der Waals surface area contributed by atoms with Gasteiger partial charge in [-0.25, -0.2) is 0 Å². The number of benzene rings is 1. The van der Waals surface area contributed by atoms with Crippen LogP contribution in [0.1, 0.15) is 62.5 Å². The van der Waals surface area contributed by atoms with E-state index in [2.05, 4.69) is 0 Å². The molecule has 1 unspecified atom stereocenters. The highest BCUT2D eigenvalue weighted by Crippen LogP contribution is 2.60. The summed E-state index contributed by atoms with van der Waals surface area (Å²) in [5.74, 6) is 4.09. The Balaban J connectivity index is 1.20. The average molecular weight is 453 g/mol. The predicted molar refractivity (Wildman–Crippen MR) is 124 cm³/mol. The Morgan fingerprint density at radius 3 is 2.12 bits per heavy atom. The van der Waals surface area contributed by atoms with Gasteiger partial charge in [0.25, 0.3) is 0 Å². The van der Waals surface area contributed by atoms with Gasteiger partial charge in [0, 0.05) is 19.6 Å². The molecule has 4 bridgehead atoms. The molecule has 6 heteroatoms. The van der Waals surface area contributed by atoms with Crippen molar-refractivity contribution in [2.24, 2.45) is 23.2 Å². The summed E-state index contributed by atoms with van der Waals surface area (Å²) in [7, 11) is 3.29. The Labute approximate surface area is 196 Å². The molecule has 178 valence electrons. The minimum atomic E-state index is -0.285. The van der Waals surface area contributed by atoms with Crippen molar-refractivity contribution in [2.75, 3.05) is 27.3 Å². The van der Waals surface area contributed by atoms with Gasteiger partial charge < -0.3 is 19.3 Å². The van der Waals surface area contributed by atoms with Crippen molar-refractivity contribution in [1.82, 2.24) is 9.80 Å². The maximum absolute atomic E-state index is 14.0. The second kappa shape index (κ2) is 7.92. The van der Waals surface area contributed by atoms with Gasteiger partial charge in [0.15, 0.2) is 11.5 Å². The smallest absolute Gasteiger partial charge is 0.245 e. The Morgan fingerprint density at radius 2 is 1.52 bits per heavy atom. The molecular weight excluding hydrogens is 416 g/mol. The third-order valence-electron chi connectivity index (χ3n) is 9.32. The van der Waals surface area contributed by atoms with Gasteiger partial charge in [0.05, 0.1) is 19.6 Å². The average Bonchev–Trinajstić information content (AvgIpc) is 3.30. The largest absolute Gasteiger partial charge is 0.493 e. The van der Waals surface area contributed by atoms with Gasteiger partial charge in [-0.3, -0.25) is 9.59 Å². The molecule has 4 aliphatic carbocycles. The first-order chi connectivity index (χ1) is 16.0. The molecular formula is C27H36N2O4. The van der Waals surface area contributed by atoms with Crippen molar-refractivity contribution in [3.63, 3.8) is 0 Å². The molecule has 33 heavy (non-hydrogen) atoms. The molecule has 0 aromatic heterocycles. The first kappa shape index (κ1) is 21.3. The van der Waals surface area contributed by atoms with Crippen LogP contribution >= 0.6 is 0 Å². The number of carbonyl (C=O) groups is 2. The fraction of sp³-hybridized carbons (Fsp3) is 0.704. The van der Waals surface area contributed by atoms with Crippen LogP contribution in [0.3, 0.4) is 0 Å². The molecule has 2 heterocycles. The molecule has 5 fully saturated rings. The van der Waals surface area contributed by atoms with E-state index in [1.54, 1.807) is 14.2 Å². The van der Waals surface area contributed by atoms with Gasteiger partial charge in [-0.2, -0.15) is 0 Å². The highest BCUT2D eigenvalue weighted by molar-refractivity contribution is 5.91. The third-order valence-corrected chi connectivity index (χ3v) is 9.32. The zero-order chi connectivity index (χ0) is 22.7. The second-order valence-corrected chi connectivity index (χ2v) is 11.3. The van der Waals surface area contributed by atoms with E-state index in [4.69, 9.17) is 9.47 Å². The molecule has 7 rings (SSSR count). The Bertz CT molecular complexity index is 938. The van der Waals surface area contributed by atoms with Crippen molar-refractivity contribution in [3.8, 4) is 11.5 Å². The molecule has 2 aliphatic heterocycles. The molecule has 1 atom stereocenters. The lowest BCUT2D eigenvalue weighted by Crippen LogP contribution is -2.57. The Kier molecular flexibility index (Phi) is 5.11. The zero-order valence-corrected chi connectivity index (χ0v) is 20.0. The number of fused-ring (bicyclic) bond motifs is 1. The van der Waals surface area contributed by atoms with Crippen LogP contribution in [0.15, 0.2) is 12.1 Å². The van der Waals surface area contributed by atoms with Gasteiger partial charge in [-0.1, -0.05) is 0 Å². The topological polar surface area (TPSA) is 59.1 Å². The van der Waals surface area contributed by atoms with E-state index in [-0.39, 0.29) is 17.4 Å². The molecule has 2 amide bonds. The number of hydrogen-bond donors (Lipinski definition) is 0. The van der Waals surface area contributed by atoms with E-state index >= 15 is 0 Å². The van der Waals surface area contributed by atoms with Gasteiger partial charge in [-0.15, -0.1) is 0 Å². The number of nitrogens with zero attached hydrogens (tertiary/aromatic N) is 2. The van der Waals surface area contributed by atoms with Crippen LogP contribution in [-0.2, 0) is 22.6 Å². The van der Waals surface area contributed by atoms with Crippen LogP contribution in [0.4, 0.5) is 0 Å². The molecule has 0 spiro atoms.